The molecule has 0 radical (unpaired) electrons. The summed E-state index contributed by atoms with van der Waals surface area (Å²) >= 11 is 0. The number of likely N-dealkylation sites (tertiary alicyclic amines) is 1. The van der Waals surface area contributed by atoms with E-state index in [1.807, 2.05) is 0 Å². The predicted octanol–water partition coefficient (Wildman–Crippen LogP) is 0.696. The van der Waals surface area contributed by atoms with Gasteiger partial charge in [0.05, 0.1) is 12.0 Å². The Bertz CT molecular complexity index is 533. The molecule has 0 bridgehead atoms. The quantitative estimate of drug-likeness (QED) is 0.795. The van der Waals surface area contributed by atoms with E-state index in [1.165, 1.54) is 4.90 Å². The maximum absolute atomic E-state index is 13.7. The van der Waals surface area contributed by atoms with E-state index < -0.39 is 41.7 Å². The largest absolute Gasteiger partial charge is 0.403 e. The molecule has 0 aromatic carbocycles. The standard InChI is InChI=1S/C15H21F3N2O4/c16-15(17,18)14(2-5-23-6-3-14)12(22)20-7-10-8-24-4-1-13(10,9-20)11(19)21/h10H,1-9H2,(H2,19,21)/t10-,13+/m0/s1. The molecule has 136 valence electrons. The zero-order chi connectivity index (χ0) is 17.6. The molecule has 0 spiro atoms. The fraction of sp³-hybridized carbons (Fsp3) is 0.867. The Hall–Kier alpha value is -1.35. The first kappa shape index (κ1) is 17.5. The maximum Gasteiger partial charge on any atom is 0.403 e. The molecule has 3 aliphatic rings. The van der Waals surface area contributed by atoms with Crippen molar-refractivity contribution in [2.45, 2.75) is 25.4 Å². The van der Waals surface area contributed by atoms with Gasteiger partial charge >= 0.3 is 6.18 Å². The highest BCUT2D eigenvalue weighted by molar-refractivity contribution is 5.87. The van der Waals surface area contributed by atoms with E-state index in [-0.39, 0.29) is 38.8 Å². The number of carbonyl (C=O) groups is 2. The van der Waals surface area contributed by atoms with E-state index in [9.17, 15) is 22.8 Å². The average molecular weight is 350 g/mol. The molecule has 3 saturated heterocycles. The van der Waals surface area contributed by atoms with Gasteiger partial charge in [0.2, 0.25) is 11.8 Å². The molecule has 2 atom stereocenters. The first-order chi connectivity index (χ1) is 11.2. The van der Waals surface area contributed by atoms with Crippen molar-refractivity contribution in [2.24, 2.45) is 22.5 Å². The number of rotatable bonds is 2. The molecule has 3 aliphatic heterocycles. The highest BCUT2D eigenvalue weighted by Gasteiger charge is 2.64. The van der Waals surface area contributed by atoms with Crippen LogP contribution in [0.25, 0.3) is 0 Å². The number of carbonyl (C=O) groups excluding carboxylic acids is 2. The van der Waals surface area contributed by atoms with E-state index in [1.54, 1.807) is 0 Å². The third-order valence-corrected chi connectivity index (χ3v) is 5.78. The number of halogens is 3. The molecule has 9 heteroatoms. The van der Waals surface area contributed by atoms with Crippen molar-refractivity contribution < 1.29 is 32.2 Å². The van der Waals surface area contributed by atoms with Crippen LogP contribution in [0.5, 0.6) is 0 Å². The number of nitrogens with two attached hydrogens (primary N) is 1. The molecule has 24 heavy (non-hydrogen) atoms. The molecule has 0 aromatic heterocycles. The Balaban J connectivity index is 1.88. The molecule has 3 fully saturated rings. The van der Waals surface area contributed by atoms with E-state index in [4.69, 9.17) is 15.2 Å². The number of fused-ring (bicyclic) bond motifs is 1. The number of ether oxygens (including phenoxy) is 2. The zero-order valence-electron chi connectivity index (χ0n) is 13.2. The molecule has 0 aliphatic carbocycles. The fourth-order valence-electron chi connectivity index (χ4n) is 4.15. The van der Waals surface area contributed by atoms with Crippen LogP contribution in [0.4, 0.5) is 13.2 Å². The molecule has 2 N–H and O–H groups in total. The highest BCUT2D eigenvalue weighted by atomic mass is 19.4. The smallest absolute Gasteiger partial charge is 0.381 e. The Morgan fingerprint density at radius 2 is 1.71 bits per heavy atom. The Morgan fingerprint density at radius 1 is 1.08 bits per heavy atom. The summed E-state index contributed by atoms with van der Waals surface area (Å²) in [6.07, 6.45) is -5.11. The molecule has 0 unspecified atom stereocenters. The van der Waals surface area contributed by atoms with Crippen LogP contribution in [0.3, 0.4) is 0 Å². The zero-order valence-corrected chi connectivity index (χ0v) is 13.2. The van der Waals surface area contributed by atoms with Gasteiger partial charge in [0.15, 0.2) is 0 Å². The summed E-state index contributed by atoms with van der Waals surface area (Å²) in [5.41, 5.74) is 2.12. The van der Waals surface area contributed by atoms with Gasteiger partial charge in [-0.05, 0) is 19.3 Å². The summed E-state index contributed by atoms with van der Waals surface area (Å²) in [5, 5.41) is 0. The van der Waals surface area contributed by atoms with Crippen molar-refractivity contribution in [3.05, 3.63) is 0 Å². The number of hydrogen-bond donors (Lipinski definition) is 1. The lowest BCUT2D eigenvalue weighted by Gasteiger charge is -2.40. The summed E-state index contributed by atoms with van der Waals surface area (Å²) in [4.78, 5) is 26.0. The number of primary amides is 1. The summed E-state index contributed by atoms with van der Waals surface area (Å²) in [6, 6.07) is 0. The van der Waals surface area contributed by atoms with E-state index in [0.29, 0.717) is 13.0 Å². The van der Waals surface area contributed by atoms with E-state index >= 15 is 0 Å². The second-order valence-electron chi connectivity index (χ2n) is 6.92. The number of hydrogen-bond acceptors (Lipinski definition) is 4. The van der Waals surface area contributed by atoms with Gasteiger partial charge in [-0.25, -0.2) is 0 Å². The molecule has 0 aromatic rings. The molecular weight excluding hydrogens is 329 g/mol. The second-order valence-corrected chi connectivity index (χ2v) is 6.92. The Morgan fingerprint density at radius 3 is 2.25 bits per heavy atom. The summed E-state index contributed by atoms with van der Waals surface area (Å²) in [7, 11) is 0. The number of alkyl halides is 3. The van der Waals surface area contributed by atoms with Crippen molar-refractivity contribution in [3.63, 3.8) is 0 Å². The first-order valence-electron chi connectivity index (χ1n) is 8.04. The normalized spacial score (nSPS) is 33.1. The van der Waals surface area contributed by atoms with Crippen LogP contribution in [-0.2, 0) is 19.1 Å². The van der Waals surface area contributed by atoms with E-state index in [2.05, 4.69) is 0 Å². The molecule has 3 rings (SSSR count). The van der Waals surface area contributed by atoms with Crippen LogP contribution >= 0.6 is 0 Å². The minimum atomic E-state index is -4.65. The van der Waals surface area contributed by atoms with Gasteiger partial charge in [-0.15, -0.1) is 0 Å². The Labute approximate surface area is 137 Å². The second kappa shape index (κ2) is 5.87. The van der Waals surface area contributed by atoms with Crippen LogP contribution in [0.15, 0.2) is 0 Å². The lowest BCUT2D eigenvalue weighted by molar-refractivity contribution is -0.244. The van der Waals surface area contributed by atoms with Crippen molar-refractivity contribution in [2.75, 3.05) is 39.5 Å². The first-order valence-corrected chi connectivity index (χ1v) is 8.04. The lowest BCUT2D eigenvalue weighted by Crippen LogP contribution is -2.55. The van der Waals surface area contributed by atoms with Gasteiger partial charge in [-0.3, -0.25) is 9.59 Å². The average Bonchev–Trinajstić information content (AvgIpc) is 2.94. The third-order valence-electron chi connectivity index (χ3n) is 5.78. The SMILES string of the molecule is NC(=O)[C@@]12CCOC[C@@H]1CN(C(=O)C1(C(F)(F)F)CCOCC1)C2. The number of amides is 2. The summed E-state index contributed by atoms with van der Waals surface area (Å²) in [5.74, 6) is -1.88. The van der Waals surface area contributed by atoms with Gasteiger partial charge in [-0.1, -0.05) is 0 Å². The van der Waals surface area contributed by atoms with Crippen molar-refractivity contribution >= 4 is 11.8 Å². The predicted molar refractivity (Wildman–Crippen MR) is 75.7 cm³/mol. The van der Waals surface area contributed by atoms with Gasteiger partial charge in [0, 0.05) is 38.8 Å². The fourth-order valence-corrected chi connectivity index (χ4v) is 4.15. The monoisotopic (exact) mass is 350 g/mol. The van der Waals surface area contributed by atoms with Crippen LogP contribution in [0, 0.1) is 16.7 Å². The van der Waals surface area contributed by atoms with Crippen LogP contribution in [-0.4, -0.2) is 62.4 Å². The topological polar surface area (TPSA) is 81.9 Å². The molecular formula is C15H21F3N2O4. The third kappa shape index (κ3) is 2.48. The van der Waals surface area contributed by atoms with Gasteiger partial charge in [0.1, 0.15) is 5.41 Å². The molecule has 2 amide bonds. The van der Waals surface area contributed by atoms with Crippen LogP contribution in [0.1, 0.15) is 19.3 Å². The maximum atomic E-state index is 13.7. The van der Waals surface area contributed by atoms with Gasteiger partial charge < -0.3 is 20.1 Å². The minimum Gasteiger partial charge on any atom is -0.381 e. The molecule has 6 nitrogen and oxygen atoms in total. The van der Waals surface area contributed by atoms with E-state index in [0.717, 1.165) is 0 Å². The molecule has 3 heterocycles. The van der Waals surface area contributed by atoms with Crippen molar-refractivity contribution in [1.82, 2.24) is 4.90 Å². The van der Waals surface area contributed by atoms with Gasteiger partial charge in [0.25, 0.3) is 0 Å². The van der Waals surface area contributed by atoms with Crippen molar-refractivity contribution in [3.8, 4) is 0 Å². The lowest BCUT2D eigenvalue weighted by atomic mass is 9.74. The van der Waals surface area contributed by atoms with Crippen LogP contribution < -0.4 is 5.73 Å². The minimum absolute atomic E-state index is 0.0616. The summed E-state index contributed by atoms with van der Waals surface area (Å²) in [6.45, 7) is 0.349. The van der Waals surface area contributed by atoms with Crippen molar-refractivity contribution in [1.29, 1.82) is 0 Å². The number of nitrogens with zero attached hydrogens (tertiary/aromatic N) is 1. The Kier molecular flexibility index (Phi) is 4.28. The van der Waals surface area contributed by atoms with Crippen LogP contribution in [0.2, 0.25) is 0 Å². The van der Waals surface area contributed by atoms with Gasteiger partial charge in [-0.2, -0.15) is 13.2 Å². The molecule has 0 saturated carbocycles. The highest BCUT2D eigenvalue weighted by Crippen LogP contribution is 2.50. The summed E-state index contributed by atoms with van der Waals surface area (Å²) < 4.78 is 51.5.